The number of halogens is 1. The highest BCUT2D eigenvalue weighted by Gasteiger charge is 2.12. The first kappa shape index (κ1) is 15.9. The molecule has 0 radical (unpaired) electrons. The molecule has 0 fully saturated rings. The molecular formula is C12H17ClN2O3S. The zero-order valence-corrected chi connectivity index (χ0v) is 12.5. The molecule has 1 aromatic carbocycles. The fraction of sp³-hybridized carbons (Fsp3) is 0.417. The summed E-state index contributed by atoms with van der Waals surface area (Å²) in [7, 11) is -3.24. The third kappa shape index (κ3) is 5.18. The number of carbonyl (C=O) groups excluding carboxylic acids is 1. The molecule has 0 heterocycles. The van der Waals surface area contributed by atoms with Crippen molar-refractivity contribution in [1.29, 1.82) is 0 Å². The van der Waals surface area contributed by atoms with Crippen LogP contribution in [0.4, 0.5) is 5.69 Å². The van der Waals surface area contributed by atoms with Crippen LogP contribution < -0.4 is 9.62 Å². The van der Waals surface area contributed by atoms with Gasteiger partial charge in [0.05, 0.1) is 5.75 Å². The zero-order chi connectivity index (χ0) is 14.5. The normalized spacial score (nSPS) is 11.3. The monoisotopic (exact) mass is 304 g/mol. The van der Waals surface area contributed by atoms with Crippen molar-refractivity contribution in [2.45, 2.75) is 13.8 Å². The number of carbonyl (C=O) groups is 1. The van der Waals surface area contributed by atoms with Crippen LogP contribution in [0.3, 0.4) is 0 Å². The van der Waals surface area contributed by atoms with Gasteiger partial charge in [-0.25, -0.2) is 13.1 Å². The van der Waals surface area contributed by atoms with E-state index in [1.165, 1.54) is 11.8 Å². The van der Waals surface area contributed by atoms with Crippen LogP contribution in [0.15, 0.2) is 24.3 Å². The Kier molecular flexibility index (Phi) is 5.78. The quantitative estimate of drug-likeness (QED) is 0.868. The lowest BCUT2D eigenvalue weighted by Crippen LogP contribution is -2.38. The molecule has 0 aliphatic carbocycles. The SMILES string of the molecule is CCS(=O)(=O)NCCN(C(C)=O)c1ccc(Cl)cc1. The number of rotatable bonds is 6. The molecular weight excluding hydrogens is 288 g/mol. The van der Waals surface area contributed by atoms with E-state index >= 15 is 0 Å². The van der Waals surface area contributed by atoms with E-state index < -0.39 is 10.0 Å². The molecule has 1 amide bonds. The molecule has 0 aromatic heterocycles. The van der Waals surface area contributed by atoms with Gasteiger partial charge in [0, 0.05) is 30.7 Å². The fourth-order valence-corrected chi connectivity index (χ4v) is 2.24. The molecule has 106 valence electrons. The van der Waals surface area contributed by atoms with E-state index in [2.05, 4.69) is 4.72 Å². The maximum absolute atomic E-state index is 11.6. The van der Waals surface area contributed by atoms with Crippen LogP contribution in [0.25, 0.3) is 0 Å². The minimum atomic E-state index is -3.24. The number of anilines is 1. The fourth-order valence-electron chi connectivity index (χ4n) is 1.50. The Balaban J connectivity index is 2.69. The number of nitrogens with zero attached hydrogens (tertiary/aromatic N) is 1. The number of nitrogens with one attached hydrogen (secondary N) is 1. The third-order valence-corrected chi connectivity index (χ3v) is 4.21. The van der Waals surface area contributed by atoms with E-state index in [1.54, 1.807) is 31.2 Å². The number of amides is 1. The van der Waals surface area contributed by atoms with Gasteiger partial charge in [0.2, 0.25) is 15.9 Å². The minimum Gasteiger partial charge on any atom is -0.311 e. The average Bonchev–Trinajstić information content (AvgIpc) is 2.36. The van der Waals surface area contributed by atoms with Gasteiger partial charge in [-0.05, 0) is 31.2 Å². The molecule has 0 saturated carbocycles. The molecule has 0 spiro atoms. The summed E-state index contributed by atoms with van der Waals surface area (Å²) in [6, 6.07) is 6.81. The maximum atomic E-state index is 11.6. The first-order chi connectivity index (χ1) is 8.85. The molecule has 0 bridgehead atoms. The molecule has 19 heavy (non-hydrogen) atoms. The van der Waals surface area contributed by atoms with Gasteiger partial charge in [0.15, 0.2) is 0 Å². The third-order valence-electron chi connectivity index (χ3n) is 2.56. The standard InChI is InChI=1S/C12H17ClN2O3S/c1-3-19(17,18)14-8-9-15(10(2)16)12-6-4-11(13)5-7-12/h4-7,14H,3,8-9H2,1-2H3. The van der Waals surface area contributed by atoms with E-state index in [0.29, 0.717) is 10.7 Å². The second kappa shape index (κ2) is 6.88. The summed E-state index contributed by atoms with van der Waals surface area (Å²) in [4.78, 5) is 13.1. The average molecular weight is 305 g/mol. The second-order valence-corrected chi connectivity index (χ2v) is 6.48. The van der Waals surface area contributed by atoms with Gasteiger partial charge in [0.1, 0.15) is 0 Å². The van der Waals surface area contributed by atoms with Crippen molar-refractivity contribution in [3.05, 3.63) is 29.3 Å². The summed E-state index contributed by atoms with van der Waals surface area (Å²) in [6.45, 7) is 3.45. The molecule has 0 unspecified atom stereocenters. The maximum Gasteiger partial charge on any atom is 0.223 e. The van der Waals surface area contributed by atoms with Gasteiger partial charge in [-0.1, -0.05) is 11.6 Å². The van der Waals surface area contributed by atoms with Crippen LogP contribution in [-0.4, -0.2) is 33.2 Å². The van der Waals surface area contributed by atoms with Crippen LogP contribution in [-0.2, 0) is 14.8 Å². The van der Waals surface area contributed by atoms with E-state index in [4.69, 9.17) is 11.6 Å². The van der Waals surface area contributed by atoms with Gasteiger partial charge in [-0.3, -0.25) is 4.79 Å². The van der Waals surface area contributed by atoms with Gasteiger partial charge >= 0.3 is 0 Å². The number of hydrogen-bond donors (Lipinski definition) is 1. The number of sulfonamides is 1. The molecule has 0 aliphatic rings. The lowest BCUT2D eigenvalue weighted by molar-refractivity contribution is -0.116. The van der Waals surface area contributed by atoms with E-state index in [-0.39, 0.29) is 24.7 Å². The predicted octanol–water partition coefficient (Wildman–Crippen LogP) is 1.63. The molecule has 0 atom stereocenters. The van der Waals surface area contributed by atoms with Crippen molar-refractivity contribution >= 4 is 33.2 Å². The number of hydrogen-bond acceptors (Lipinski definition) is 3. The highest BCUT2D eigenvalue weighted by molar-refractivity contribution is 7.89. The highest BCUT2D eigenvalue weighted by atomic mass is 35.5. The topological polar surface area (TPSA) is 66.5 Å². The van der Waals surface area contributed by atoms with Crippen LogP contribution >= 0.6 is 11.6 Å². The molecule has 7 heteroatoms. The Morgan fingerprint density at radius 1 is 1.32 bits per heavy atom. The minimum absolute atomic E-state index is 0.0218. The number of benzene rings is 1. The molecule has 1 N–H and O–H groups in total. The van der Waals surface area contributed by atoms with Gasteiger partial charge in [-0.2, -0.15) is 0 Å². The van der Waals surface area contributed by atoms with Crippen molar-refractivity contribution < 1.29 is 13.2 Å². The summed E-state index contributed by atoms with van der Waals surface area (Å²) in [5.74, 6) is -0.133. The smallest absolute Gasteiger partial charge is 0.223 e. The van der Waals surface area contributed by atoms with Gasteiger partial charge < -0.3 is 4.90 Å². The summed E-state index contributed by atoms with van der Waals surface area (Å²) in [5.41, 5.74) is 0.688. The van der Waals surface area contributed by atoms with Crippen molar-refractivity contribution in [2.75, 3.05) is 23.7 Å². The molecule has 1 aromatic rings. The van der Waals surface area contributed by atoms with Gasteiger partial charge in [0.25, 0.3) is 0 Å². The Morgan fingerprint density at radius 2 is 1.89 bits per heavy atom. The van der Waals surface area contributed by atoms with E-state index in [0.717, 1.165) is 0 Å². The Hall–Kier alpha value is -1.11. The first-order valence-electron chi connectivity index (χ1n) is 5.86. The second-order valence-electron chi connectivity index (χ2n) is 3.94. The summed E-state index contributed by atoms with van der Waals surface area (Å²) >= 11 is 5.78. The lowest BCUT2D eigenvalue weighted by atomic mass is 10.3. The van der Waals surface area contributed by atoms with E-state index in [9.17, 15) is 13.2 Å². The van der Waals surface area contributed by atoms with Crippen LogP contribution in [0.5, 0.6) is 0 Å². The van der Waals surface area contributed by atoms with Crippen molar-refractivity contribution in [1.82, 2.24) is 4.72 Å². The van der Waals surface area contributed by atoms with Crippen LogP contribution in [0.2, 0.25) is 5.02 Å². The van der Waals surface area contributed by atoms with Gasteiger partial charge in [-0.15, -0.1) is 0 Å². The van der Waals surface area contributed by atoms with E-state index in [1.807, 2.05) is 0 Å². The summed E-state index contributed by atoms with van der Waals surface area (Å²) < 4.78 is 25.0. The summed E-state index contributed by atoms with van der Waals surface area (Å²) in [6.07, 6.45) is 0. The molecule has 1 rings (SSSR count). The van der Waals surface area contributed by atoms with Crippen molar-refractivity contribution in [2.24, 2.45) is 0 Å². The molecule has 5 nitrogen and oxygen atoms in total. The highest BCUT2D eigenvalue weighted by Crippen LogP contribution is 2.17. The largest absolute Gasteiger partial charge is 0.311 e. The molecule has 0 aliphatic heterocycles. The zero-order valence-electron chi connectivity index (χ0n) is 10.9. The Morgan fingerprint density at radius 3 is 2.37 bits per heavy atom. The van der Waals surface area contributed by atoms with Crippen LogP contribution in [0.1, 0.15) is 13.8 Å². The first-order valence-corrected chi connectivity index (χ1v) is 7.89. The summed E-state index contributed by atoms with van der Waals surface area (Å²) in [5, 5.41) is 0.582. The van der Waals surface area contributed by atoms with Crippen molar-refractivity contribution in [3.63, 3.8) is 0 Å². The molecule has 0 saturated heterocycles. The lowest BCUT2D eigenvalue weighted by Gasteiger charge is -2.21. The predicted molar refractivity (Wildman–Crippen MR) is 76.9 cm³/mol. The van der Waals surface area contributed by atoms with Crippen LogP contribution in [0, 0.1) is 0 Å². The Bertz CT molecular complexity index is 528. The van der Waals surface area contributed by atoms with Crippen molar-refractivity contribution in [3.8, 4) is 0 Å². The Labute approximate surface area is 118 Å².